The van der Waals surface area contributed by atoms with Crippen LogP contribution in [0.25, 0.3) is 5.69 Å². The molecular formula is C23H23ClN4O3. The molecule has 0 spiro atoms. The molecule has 0 atom stereocenters. The van der Waals surface area contributed by atoms with Gasteiger partial charge in [0.05, 0.1) is 19.2 Å². The highest BCUT2D eigenvalue weighted by atomic mass is 35.5. The standard InChI is InChI=1S/C23H23ClN4O3/c1-31-20-4-2-3-17(15-20)16-23(30)27-13-11-26(12-14-27)21-9-10-22(29)28(25-21)19-7-5-18(24)6-8-19/h2-10,15H,11-14,16H2,1H3. The second-order valence-corrected chi connectivity index (χ2v) is 7.75. The highest BCUT2D eigenvalue weighted by molar-refractivity contribution is 6.30. The molecule has 1 saturated heterocycles. The van der Waals surface area contributed by atoms with Gasteiger partial charge in [-0.25, -0.2) is 0 Å². The zero-order chi connectivity index (χ0) is 21.8. The number of rotatable bonds is 5. The summed E-state index contributed by atoms with van der Waals surface area (Å²) >= 11 is 5.94. The molecule has 0 saturated carbocycles. The lowest BCUT2D eigenvalue weighted by Gasteiger charge is -2.35. The summed E-state index contributed by atoms with van der Waals surface area (Å²) in [5.74, 6) is 1.54. The van der Waals surface area contributed by atoms with E-state index in [-0.39, 0.29) is 11.5 Å². The van der Waals surface area contributed by atoms with Crippen LogP contribution < -0.4 is 15.2 Å². The van der Waals surface area contributed by atoms with Crippen molar-refractivity contribution in [3.8, 4) is 11.4 Å². The van der Waals surface area contributed by atoms with Gasteiger partial charge in [-0.2, -0.15) is 4.68 Å². The molecule has 4 rings (SSSR count). The third-order valence-electron chi connectivity index (χ3n) is 5.30. The number of halogens is 1. The number of benzene rings is 2. The van der Waals surface area contributed by atoms with Crippen molar-refractivity contribution in [1.82, 2.24) is 14.7 Å². The van der Waals surface area contributed by atoms with Gasteiger partial charge in [0.1, 0.15) is 11.6 Å². The van der Waals surface area contributed by atoms with Crippen molar-refractivity contribution in [2.24, 2.45) is 0 Å². The quantitative estimate of drug-likeness (QED) is 0.612. The molecule has 7 nitrogen and oxygen atoms in total. The highest BCUT2D eigenvalue weighted by Crippen LogP contribution is 2.17. The van der Waals surface area contributed by atoms with Crippen LogP contribution in [0, 0.1) is 0 Å². The number of hydrogen-bond donors (Lipinski definition) is 0. The molecule has 2 heterocycles. The minimum Gasteiger partial charge on any atom is -0.497 e. The maximum atomic E-state index is 12.7. The van der Waals surface area contributed by atoms with Gasteiger partial charge in [0, 0.05) is 37.3 Å². The molecule has 8 heteroatoms. The van der Waals surface area contributed by atoms with E-state index in [9.17, 15) is 9.59 Å². The number of amides is 1. The average Bonchev–Trinajstić information content (AvgIpc) is 2.80. The van der Waals surface area contributed by atoms with Crippen molar-refractivity contribution in [1.29, 1.82) is 0 Å². The molecule has 1 aromatic heterocycles. The van der Waals surface area contributed by atoms with Crippen molar-refractivity contribution in [2.75, 3.05) is 38.2 Å². The normalized spacial score (nSPS) is 13.9. The number of carbonyl (C=O) groups excluding carboxylic acids is 1. The number of anilines is 1. The van der Waals surface area contributed by atoms with Crippen LogP contribution in [0.2, 0.25) is 5.02 Å². The predicted molar refractivity (Wildman–Crippen MR) is 120 cm³/mol. The number of aromatic nitrogens is 2. The number of hydrogen-bond acceptors (Lipinski definition) is 5. The number of carbonyl (C=O) groups is 1. The molecule has 160 valence electrons. The Morgan fingerprint density at radius 1 is 1.03 bits per heavy atom. The molecular weight excluding hydrogens is 416 g/mol. The summed E-state index contributed by atoms with van der Waals surface area (Å²) in [6.07, 6.45) is 0.344. The van der Waals surface area contributed by atoms with E-state index < -0.39 is 0 Å². The monoisotopic (exact) mass is 438 g/mol. The number of ether oxygens (including phenoxy) is 1. The van der Waals surface area contributed by atoms with Gasteiger partial charge >= 0.3 is 0 Å². The summed E-state index contributed by atoms with van der Waals surface area (Å²) < 4.78 is 6.60. The molecule has 1 amide bonds. The van der Waals surface area contributed by atoms with Crippen LogP contribution in [0.1, 0.15) is 5.56 Å². The minimum absolute atomic E-state index is 0.0898. The second kappa shape index (κ2) is 9.22. The zero-order valence-electron chi connectivity index (χ0n) is 17.2. The van der Waals surface area contributed by atoms with Gasteiger partial charge in [0.2, 0.25) is 5.91 Å². The summed E-state index contributed by atoms with van der Waals surface area (Å²) in [5, 5.41) is 5.12. The van der Waals surface area contributed by atoms with Gasteiger partial charge < -0.3 is 14.5 Å². The van der Waals surface area contributed by atoms with Crippen LogP contribution in [0.15, 0.2) is 65.5 Å². The molecule has 0 radical (unpaired) electrons. The van der Waals surface area contributed by atoms with E-state index in [1.54, 1.807) is 37.4 Å². The average molecular weight is 439 g/mol. The zero-order valence-corrected chi connectivity index (χ0v) is 18.0. The van der Waals surface area contributed by atoms with Crippen molar-refractivity contribution in [3.05, 3.63) is 81.6 Å². The fourth-order valence-corrected chi connectivity index (χ4v) is 3.72. The van der Waals surface area contributed by atoms with Gasteiger partial charge in [-0.1, -0.05) is 23.7 Å². The van der Waals surface area contributed by atoms with Crippen LogP contribution >= 0.6 is 11.6 Å². The third kappa shape index (κ3) is 4.88. The van der Waals surface area contributed by atoms with E-state index in [0.717, 1.165) is 11.3 Å². The maximum absolute atomic E-state index is 12.7. The van der Waals surface area contributed by atoms with Gasteiger partial charge in [-0.3, -0.25) is 9.59 Å². The van der Waals surface area contributed by atoms with E-state index in [2.05, 4.69) is 10.00 Å². The topological polar surface area (TPSA) is 67.7 Å². The first-order chi connectivity index (χ1) is 15.0. The summed E-state index contributed by atoms with van der Waals surface area (Å²) in [5.41, 5.74) is 1.38. The lowest BCUT2D eigenvalue weighted by atomic mass is 10.1. The Labute approximate surface area is 185 Å². The van der Waals surface area contributed by atoms with Crippen molar-refractivity contribution >= 4 is 23.3 Å². The Morgan fingerprint density at radius 2 is 1.77 bits per heavy atom. The van der Waals surface area contributed by atoms with Crippen molar-refractivity contribution in [3.63, 3.8) is 0 Å². The van der Waals surface area contributed by atoms with Crippen molar-refractivity contribution < 1.29 is 9.53 Å². The van der Waals surface area contributed by atoms with E-state index in [1.807, 2.05) is 29.2 Å². The Balaban J connectivity index is 1.41. The van der Waals surface area contributed by atoms with Crippen LogP contribution in [-0.2, 0) is 11.2 Å². The number of methoxy groups -OCH3 is 1. The van der Waals surface area contributed by atoms with Crippen LogP contribution in [-0.4, -0.2) is 53.9 Å². The molecule has 0 unspecified atom stereocenters. The van der Waals surface area contributed by atoms with Gasteiger partial charge in [0.25, 0.3) is 5.56 Å². The smallest absolute Gasteiger partial charge is 0.271 e. The molecule has 31 heavy (non-hydrogen) atoms. The molecule has 3 aromatic rings. The SMILES string of the molecule is COc1cccc(CC(=O)N2CCN(c3ccc(=O)n(-c4ccc(Cl)cc4)n3)CC2)c1. The summed E-state index contributed by atoms with van der Waals surface area (Å²) in [4.78, 5) is 29.0. The Kier molecular flexibility index (Phi) is 6.23. The maximum Gasteiger partial charge on any atom is 0.271 e. The van der Waals surface area contributed by atoms with Crippen molar-refractivity contribution in [2.45, 2.75) is 6.42 Å². The highest BCUT2D eigenvalue weighted by Gasteiger charge is 2.22. The van der Waals surface area contributed by atoms with Gasteiger partial charge in [-0.05, 0) is 48.0 Å². The first kappa shape index (κ1) is 20.9. The third-order valence-corrected chi connectivity index (χ3v) is 5.56. The Morgan fingerprint density at radius 3 is 2.48 bits per heavy atom. The molecule has 1 aliphatic heterocycles. The fraction of sp³-hybridized carbons (Fsp3) is 0.261. The van der Waals surface area contributed by atoms with E-state index in [4.69, 9.17) is 16.3 Å². The van der Waals surface area contributed by atoms with E-state index in [1.165, 1.54) is 10.7 Å². The van der Waals surface area contributed by atoms with E-state index in [0.29, 0.717) is 49.1 Å². The number of nitrogens with zero attached hydrogens (tertiary/aromatic N) is 4. The minimum atomic E-state index is -0.210. The molecule has 1 fully saturated rings. The van der Waals surface area contributed by atoms with E-state index >= 15 is 0 Å². The second-order valence-electron chi connectivity index (χ2n) is 7.31. The van der Waals surface area contributed by atoms with Crippen LogP contribution in [0.4, 0.5) is 5.82 Å². The first-order valence-electron chi connectivity index (χ1n) is 10.1. The van der Waals surface area contributed by atoms with Crippen LogP contribution in [0.3, 0.4) is 0 Å². The van der Waals surface area contributed by atoms with Crippen LogP contribution in [0.5, 0.6) is 5.75 Å². The fourth-order valence-electron chi connectivity index (χ4n) is 3.59. The Hall–Kier alpha value is -3.32. The molecule has 1 aliphatic rings. The van der Waals surface area contributed by atoms with Gasteiger partial charge in [-0.15, -0.1) is 5.10 Å². The van der Waals surface area contributed by atoms with Gasteiger partial charge in [0.15, 0.2) is 0 Å². The lowest BCUT2D eigenvalue weighted by molar-refractivity contribution is -0.130. The lowest BCUT2D eigenvalue weighted by Crippen LogP contribution is -2.49. The first-order valence-corrected chi connectivity index (χ1v) is 10.4. The summed E-state index contributed by atoms with van der Waals surface area (Å²) in [6.45, 7) is 2.50. The number of piperazine rings is 1. The predicted octanol–water partition coefficient (Wildman–Crippen LogP) is 2.79. The molecule has 0 aliphatic carbocycles. The summed E-state index contributed by atoms with van der Waals surface area (Å²) in [7, 11) is 1.62. The molecule has 2 aromatic carbocycles. The summed E-state index contributed by atoms with van der Waals surface area (Å²) in [6, 6.07) is 17.8. The molecule has 0 bridgehead atoms. The molecule has 0 N–H and O–H groups in total. The Bertz CT molecular complexity index is 1120. The largest absolute Gasteiger partial charge is 0.497 e.